The Kier molecular flexibility index (Phi) is 5.15. The molecule has 0 spiro atoms. The largest absolute Gasteiger partial charge is 0.310 e. The lowest BCUT2D eigenvalue weighted by molar-refractivity contribution is -0.119. The van der Waals surface area contributed by atoms with E-state index in [1.165, 1.54) is 0 Å². The zero-order valence-electron chi connectivity index (χ0n) is 17.2. The first kappa shape index (κ1) is 20.3. The third kappa shape index (κ3) is 4.03. The summed E-state index contributed by atoms with van der Waals surface area (Å²) >= 11 is 1.69. The summed E-state index contributed by atoms with van der Waals surface area (Å²) in [6.45, 7) is 8.50. The van der Waals surface area contributed by atoms with Gasteiger partial charge in [-0.25, -0.2) is 8.42 Å². The molecule has 0 aromatic heterocycles. The number of nitrogens with one attached hydrogen (secondary N) is 1. The Bertz CT molecular complexity index is 1070. The fraction of sp³-hybridized carbons (Fsp3) is 0.409. The highest BCUT2D eigenvalue weighted by Crippen LogP contribution is 2.42. The maximum atomic E-state index is 13.1. The molecule has 1 aliphatic carbocycles. The number of rotatable bonds is 4. The topological polar surface area (TPSA) is 66.5 Å². The molecule has 0 bridgehead atoms. The van der Waals surface area contributed by atoms with Crippen LogP contribution in [0.2, 0.25) is 0 Å². The van der Waals surface area contributed by atoms with Crippen molar-refractivity contribution in [3.63, 3.8) is 0 Å². The van der Waals surface area contributed by atoms with Crippen LogP contribution in [0.4, 0.5) is 11.4 Å². The van der Waals surface area contributed by atoms with E-state index in [0.29, 0.717) is 17.9 Å². The van der Waals surface area contributed by atoms with Crippen molar-refractivity contribution in [3.8, 4) is 0 Å². The third-order valence-corrected chi connectivity index (χ3v) is 7.90. The van der Waals surface area contributed by atoms with E-state index in [4.69, 9.17) is 0 Å². The van der Waals surface area contributed by atoms with Crippen LogP contribution in [-0.2, 0) is 14.8 Å². The second kappa shape index (κ2) is 7.36. The van der Waals surface area contributed by atoms with E-state index in [9.17, 15) is 13.2 Å². The quantitative estimate of drug-likeness (QED) is 0.767. The third-order valence-electron chi connectivity index (χ3n) is 5.41. The standard InChI is InChI=1S/C22H26N2O3S2/c1-13-9-14(2)21(15(3)10-13)23-29(26,27)18-7-8-20-19(11-18)24(12-16(4)28-20)22(25)17-5-6-17/h7-11,16-17,23H,5-6,12H2,1-4H3/t16-/m1/s1. The number of benzene rings is 2. The Morgan fingerprint density at radius 2 is 1.76 bits per heavy atom. The minimum absolute atomic E-state index is 0.0920. The summed E-state index contributed by atoms with van der Waals surface area (Å²) < 4.78 is 29.0. The van der Waals surface area contributed by atoms with Gasteiger partial charge in [0.15, 0.2) is 0 Å². The first-order valence-corrected chi connectivity index (χ1v) is 12.2. The normalized spacial score (nSPS) is 19.0. The Labute approximate surface area is 176 Å². The van der Waals surface area contributed by atoms with Gasteiger partial charge < -0.3 is 4.90 Å². The van der Waals surface area contributed by atoms with Crippen molar-refractivity contribution < 1.29 is 13.2 Å². The number of thioether (sulfide) groups is 1. The van der Waals surface area contributed by atoms with Gasteiger partial charge in [0.1, 0.15) is 0 Å². The van der Waals surface area contributed by atoms with Crippen LogP contribution >= 0.6 is 11.8 Å². The van der Waals surface area contributed by atoms with Crippen LogP contribution in [0.3, 0.4) is 0 Å². The number of hydrogen-bond acceptors (Lipinski definition) is 4. The molecule has 2 aromatic carbocycles. The molecule has 0 radical (unpaired) electrons. The number of aryl methyl sites for hydroxylation is 3. The van der Waals surface area contributed by atoms with E-state index in [0.717, 1.165) is 34.4 Å². The van der Waals surface area contributed by atoms with Crippen LogP contribution in [0.15, 0.2) is 40.1 Å². The molecular weight excluding hydrogens is 404 g/mol. The summed E-state index contributed by atoms with van der Waals surface area (Å²) in [5.41, 5.74) is 4.20. The van der Waals surface area contributed by atoms with E-state index < -0.39 is 10.0 Å². The van der Waals surface area contributed by atoms with Gasteiger partial charge in [0, 0.05) is 22.6 Å². The molecule has 1 saturated carbocycles. The Morgan fingerprint density at radius 1 is 1.10 bits per heavy atom. The molecule has 154 valence electrons. The lowest BCUT2D eigenvalue weighted by atomic mass is 10.1. The number of carbonyl (C=O) groups excluding carboxylic acids is 1. The lowest BCUT2D eigenvalue weighted by Crippen LogP contribution is -2.39. The number of nitrogens with zero attached hydrogens (tertiary/aromatic N) is 1. The Balaban J connectivity index is 1.71. The maximum absolute atomic E-state index is 13.1. The van der Waals surface area contributed by atoms with E-state index in [-0.39, 0.29) is 22.0 Å². The highest BCUT2D eigenvalue weighted by molar-refractivity contribution is 8.00. The number of sulfonamides is 1. The average Bonchev–Trinajstić information content (AvgIpc) is 3.48. The molecule has 1 aliphatic heterocycles. The summed E-state index contributed by atoms with van der Waals surface area (Å²) in [6.07, 6.45) is 1.86. The molecule has 0 saturated heterocycles. The molecule has 1 fully saturated rings. The summed E-state index contributed by atoms with van der Waals surface area (Å²) in [5.74, 6) is 0.209. The van der Waals surface area contributed by atoms with Crippen LogP contribution < -0.4 is 9.62 Å². The molecule has 1 N–H and O–H groups in total. The molecule has 1 heterocycles. The van der Waals surface area contributed by atoms with E-state index in [1.54, 1.807) is 28.8 Å². The van der Waals surface area contributed by atoms with Crippen molar-refractivity contribution in [2.45, 2.75) is 55.6 Å². The molecular formula is C22H26N2O3S2. The number of anilines is 2. The van der Waals surface area contributed by atoms with Gasteiger partial charge in [0.05, 0.1) is 16.3 Å². The molecule has 4 rings (SSSR count). The number of amides is 1. The predicted molar refractivity (Wildman–Crippen MR) is 118 cm³/mol. The molecule has 1 amide bonds. The molecule has 2 aromatic rings. The van der Waals surface area contributed by atoms with E-state index in [1.807, 2.05) is 39.0 Å². The SMILES string of the molecule is Cc1cc(C)c(NS(=O)(=O)c2ccc3c(c2)N(C(=O)C2CC2)C[C@@H](C)S3)c(C)c1. The van der Waals surface area contributed by atoms with Crippen LogP contribution in [0, 0.1) is 26.7 Å². The van der Waals surface area contributed by atoms with Crippen LogP contribution in [0.1, 0.15) is 36.5 Å². The first-order valence-electron chi connectivity index (χ1n) is 9.88. The van der Waals surface area contributed by atoms with Gasteiger partial charge in [-0.1, -0.05) is 24.6 Å². The molecule has 2 aliphatic rings. The lowest BCUT2D eigenvalue weighted by Gasteiger charge is -2.33. The first-order chi connectivity index (χ1) is 13.7. The van der Waals surface area contributed by atoms with Gasteiger partial charge in [-0.05, 0) is 62.9 Å². The maximum Gasteiger partial charge on any atom is 0.261 e. The van der Waals surface area contributed by atoms with Crippen molar-refractivity contribution in [3.05, 3.63) is 47.0 Å². The molecule has 5 nitrogen and oxygen atoms in total. The number of hydrogen-bond donors (Lipinski definition) is 1. The fourth-order valence-corrected chi connectivity index (χ4v) is 6.19. The zero-order valence-corrected chi connectivity index (χ0v) is 18.8. The van der Waals surface area contributed by atoms with Crippen LogP contribution in [-0.4, -0.2) is 26.1 Å². The van der Waals surface area contributed by atoms with Crippen LogP contribution in [0.25, 0.3) is 0 Å². The smallest absolute Gasteiger partial charge is 0.261 e. The summed E-state index contributed by atoms with van der Waals surface area (Å²) in [6, 6.07) is 9.03. The summed E-state index contributed by atoms with van der Waals surface area (Å²) in [7, 11) is -3.77. The minimum Gasteiger partial charge on any atom is -0.310 e. The van der Waals surface area contributed by atoms with Gasteiger partial charge in [-0.3, -0.25) is 9.52 Å². The van der Waals surface area contributed by atoms with Crippen molar-refractivity contribution in [1.82, 2.24) is 0 Å². The Hall–Kier alpha value is -1.99. The molecule has 29 heavy (non-hydrogen) atoms. The van der Waals surface area contributed by atoms with Gasteiger partial charge in [0.2, 0.25) is 5.91 Å². The molecule has 7 heteroatoms. The monoisotopic (exact) mass is 430 g/mol. The number of fused-ring (bicyclic) bond motifs is 1. The van der Waals surface area contributed by atoms with Gasteiger partial charge in [-0.15, -0.1) is 11.8 Å². The average molecular weight is 431 g/mol. The predicted octanol–water partition coefficient (Wildman–Crippen LogP) is 4.65. The van der Waals surface area contributed by atoms with E-state index in [2.05, 4.69) is 11.6 Å². The van der Waals surface area contributed by atoms with Gasteiger partial charge >= 0.3 is 0 Å². The summed E-state index contributed by atoms with van der Waals surface area (Å²) in [4.78, 5) is 15.7. The molecule has 1 atom stereocenters. The zero-order chi connectivity index (χ0) is 20.9. The molecule has 0 unspecified atom stereocenters. The Morgan fingerprint density at radius 3 is 2.38 bits per heavy atom. The van der Waals surface area contributed by atoms with Crippen LogP contribution in [0.5, 0.6) is 0 Å². The highest BCUT2D eigenvalue weighted by Gasteiger charge is 2.37. The van der Waals surface area contributed by atoms with Crippen molar-refractivity contribution in [2.75, 3.05) is 16.2 Å². The minimum atomic E-state index is -3.77. The second-order valence-corrected chi connectivity index (χ2v) is 11.3. The van der Waals surface area contributed by atoms with Gasteiger partial charge in [0.25, 0.3) is 10.0 Å². The summed E-state index contributed by atoms with van der Waals surface area (Å²) in [5, 5.41) is 0.281. The highest BCUT2D eigenvalue weighted by atomic mass is 32.2. The fourth-order valence-electron chi connectivity index (χ4n) is 3.88. The van der Waals surface area contributed by atoms with Gasteiger partial charge in [-0.2, -0.15) is 0 Å². The van der Waals surface area contributed by atoms with E-state index >= 15 is 0 Å². The van der Waals surface area contributed by atoms with Crippen molar-refractivity contribution in [2.24, 2.45) is 5.92 Å². The number of carbonyl (C=O) groups is 1. The van der Waals surface area contributed by atoms with Crippen molar-refractivity contribution in [1.29, 1.82) is 0 Å². The van der Waals surface area contributed by atoms with Crippen molar-refractivity contribution >= 4 is 39.1 Å². The second-order valence-electron chi connectivity index (χ2n) is 8.16.